The summed E-state index contributed by atoms with van der Waals surface area (Å²) in [5.74, 6) is -0.634. The summed E-state index contributed by atoms with van der Waals surface area (Å²) < 4.78 is 1.13. The summed E-state index contributed by atoms with van der Waals surface area (Å²) >= 11 is 1.14. The number of benzene rings is 2. The Balaban J connectivity index is 1.67. The van der Waals surface area contributed by atoms with Crippen LogP contribution in [0.2, 0.25) is 0 Å². The Morgan fingerprint density at radius 2 is 1.90 bits per heavy atom. The second-order valence-corrected chi connectivity index (χ2v) is 7.25. The van der Waals surface area contributed by atoms with Gasteiger partial charge in [-0.25, -0.2) is 5.43 Å². The predicted octanol–water partition coefficient (Wildman–Crippen LogP) is 2.70. The predicted molar refractivity (Wildman–Crippen MR) is 118 cm³/mol. The number of para-hydroxylation sites is 1. The third-order valence-electron chi connectivity index (χ3n) is 4.38. The van der Waals surface area contributed by atoms with Crippen LogP contribution in [-0.2, 0) is 0 Å². The summed E-state index contributed by atoms with van der Waals surface area (Å²) in [6, 6.07) is 14.3. The van der Waals surface area contributed by atoms with Crippen molar-refractivity contribution < 1.29 is 9.72 Å². The molecule has 0 saturated carbocycles. The first-order valence-electron chi connectivity index (χ1n) is 8.89. The van der Waals surface area contributed by atoms with Gasteiger partial charge in [-0.15, -0.1) is 11.3 Å². The van der Waals surface area contributed by atoms with Gasteiger partial charge in [-0.3, -0.25) is 19.7 Å². The van der Waals surface area contributed by atoms with E-state index in [0.717, 1.165) is 16.0 Å². The van der Waals surface area contributed by atoms with Crippen LogP contribution in [0, 0.1) is 10.1 Å². The lowest BCUT2D eigenvalue weighted by Crippen LogP contribution is -2.28. The quantitative estimate of drug-likeness (QED) is 0.281. The zero-order valence-corrected chi connectivity index (χ0v) is 16.6. The normalized spacial score (nSPS) is 11.1. The molecule has 0 saturated heterocycles. The minimum Gasteiger partial charge on any atom is -0.390 e. The number of non-ortho nitro benzene ring substituents is 1. The summed E-state index contributed by atoms with van der Waals surface area (Å²) in [6.45, 7) is 0. The van der Waals surface area contributed by atoms with E-state index in [-0.39, 0.29) is 21.8 Å². The van der Waals surface area contributed by atoms with Crippen LogP contribution in [0.25, 0.3) is 16.5 Å². The molecule has 0 aliphatic rings. The number of thiophene rings is 1. The number of amides is 1. The van der Waals surface area contributed by atoms with Crippen molar-refractivity contribution in [3.63, 3.8) is 0 Å². The molecule has 0 spiro atoms. The molecule has 10 nitrogen and oxygen atoms in total. The van der Waals surface area contributed by atoms with E-state index in [1.54, 1.807) is 35.7 Å². The van der Waals surface area contributed by atoms with Crippen LogP contribution in [0.4, 0.5) is 10.7 Å². The fourth-order valence-electron chi connectivity index (χ4n) is 2.89. The Morgan fingerprint density at radius 3 is 2.58 bits per heavy atom. The first kappa shape index (κ1) is 19.9. The number of nitrogen functional groups attached to an aromatic ring is 1. The molecule has 0 aliphatic carbocycles. The number of nitro groups is 1. The van der Waals surface area contributed by atoms with Crippen LogP contribution in [0.15, 0.2) is 69.9 Å². The van der Waals surface area contributed by atoms with Gasteiger partial charge >= 0.3 is 0 Å². The molecule has 3 N–H and O–H groups in total. The van der Waals surface area contributed by atoms with Crippen molar-refractivity contribution in [2.75, 3.05) is 5.73 Å². The molecule has 2 aromatic heterocycles. The maximum absolute atomic E-state index is 12.9. The number of carbonyl (C=O) groups is 1. The number of nitrogens with zero attached hydrogens (tertiary/aromatic N) is 4. The van der Waals surface area contributed by atoms with Crippen LogP contribution in [0.5, 0.6) is 0 Å². The Kier molecular flexibility index (Phi) is 5.24. The Labute approximate surface area is 178 Å². The summed E-state index contributed by atoms with van der Waals surface area (Å²) in [5.41, 5.74) is 8.90. The van der Waals surface area contributed by atoms with Crippen molar-refractivity contribution in [3.05, 3.63) is 91.7 Å². The van der Waals surface area contributed by atoms with Crippen molar-refractivity contribution in [2.45, 2.75) is 0 Å². The molecule has 11 heteroatoms. The molecule has 0 unspecified atom stereocenters. The first-order chi connectivity index (χ1) is 15.0. The largest absolute Gasteiger partial charge is 0.390 e. The lowest BCUT2D eigenvalue weighted by molar-refractivity contribution is -0.384. The molecule has 0 atom stereocenters. The number of nitrogens with two attached hydrogens (primary N) is 1. The van der Waals surface area contributed by atoms with Crippen LogP contribution in [0.3, 0.4) is 0 Å². The summed E-state index contributed by atoms with van der Waals surface area (Å²) in [4.78, 5) is 35.9. The average molecular weight is 434 g/mol. The van der Waals surface area contributed by atoms with E-state index >= 15 is 0 Å². The highest BCUT2D eigenvalue weighted by Gasteiger charge is 2.20. The van der Waals surface area contributed by atoms with Gasteiger partial charge < -0.3 is 5.73 Å². The van der Waals surface area contributed by atoms with Gasteiger partial charge in [-0.1, -0.05) is 18.2 Å². The Hall–Kier alpha value is -4.38. The smallest absolute Gasteiger partial charge is 0.292 e. The lowest BCUT2D eigenvalue weighted by Gasteiger charge is -2.08. The monoisotopic (exact) mass is 434 g/mol. The van der Waals surface area contributed by atoms with E-state index in [2.05, 4.69) is 15.6 Å². The van der Waals surface area contributed by atoms with Gasteiger partial charge in [0.1, 0.15) is 0 Å². The number of rotatable bonds is 5. The van der Waals surface area contributed by atoms with Gasteiger partial charge in [0, 0.05) is 22.9 Å². The van der Waals surface area contributed by atoms with E-state index in [9.17, 15) is 19.7 Å². The minimum atomic E-state index is -0.634. The zero-order chi connectivity index (χ0) is 22.0. The number of nitrogens with one attached hydrogen (secondary N) is 1. The van der Waals surface area contributed by atoms with E-state index in [4.69, 9.17) is 5.73 Å². The molecule has 2 heterocycles. The highest BCUT2D eigenvalue weighted by atomic mass is 32.1. The second-order valence-electron chi connectivity index (χ2n) is 6.34. The van der Waals surface area contributed by atoms with Gasteiger partial charge in [0.2, 0.25) is 0 Å². The van der Waals surface area contributed by atoms with Gasteiger partial charge in [0.25, 0.3) is 17.2 Å². The summed E-state index contributed by atoms with van der Waals surface area (Å²) in [7, 11) is 0. The Bertz CT molecular complexity index is 1380. The molecule has 1 amide bonds. The van der Waals surface area contributed by atoms with Gasteiger partial charge in [0.05, 0.1) is 27.2 Å². The maximum atomic E-state index is 12.9. The molecule has 0 bridgehead atoms. The van der Waals surface area contributed by atoms with E-state index < -0.39 is 16.4 Å². The highest BCUT2D eigenvalue weighted by molar-refractivity contribution is 7.15. The van der Waals surface area contributed by atoms with Crippen molar-refractivity contribution in [3.8, 4) is 5.69 Å². The number of hydrogen-bond donors (Lipinski definition) is 2. The summed E-state index contributed by atoms with van der Waals surface area (Å²) in [5, 5.41) is 21.3. The van der Waals surface area contributed by atoms with E-state index in [1.165, 1.54) is 30.5 Å². The van der Waals surface area contributed by atoms with Crippen molar-refractivity contribution in [2.24, 2.45) is 5.10 Å². The number of fused-ring (bicyclic) bond motifs is 1. The number of hydrogen-bond acceptors (Lipinski definition) is 8. The van der Waals surface area contributed by atoms with Gasteiger partial charge in [-0.2, -0.15) is 14.9 Å². The van der Waals surface area contributed by atoms with Crippen molar-refractivity contribution >= 4 is 44.9 Å². The lowest BCUT2D eigenvalue weighted by atomic mass is 10.2. The molecule has 0 fully saturated rings. The fourth-order valence-corrected chi connectivity index (χ4v) is 3.67. The molecule has 0 aliphatic heterocycles. The molecule has 4 aromatic rings. The fraction of sp³-hybridized carbons (Fsp3) is 0. The van der Waals surface area contributed by atoms with Crippen LogP contribution in [-0.4, -0.2) is 26.8 Å². The molecular formula is C20H14N6O4S. The van der Waals surface area contributed by atoms with Crippen LogP contribution >= 0.6 is 11.3 Å². The van der Waals surface area contributed by atoms with E-state index in [1.807, 2.05) is 0 Å². The van der Waals surface area contributed by atoms with Crippen molar-refractivity contribution in [1.82, 2.24) is 15.2 Å². The molecule has 31 heavy (non-hydrogen) atoms. The van der Waals surface area contributed by atoms with Crippen LogP contribution in [0.1, 0.15) is 16.1 Å². The molecule has 4 rings (SSSR count). The SMILES string of the molecule is Nc1scc2c(C(=O)N/N=C/c3ccc([N+](=O)[O-])cc3)nn(-c3ccccc3)c(=O)c12. The maximum Gasteiger partial charge on any atom is 0.292 e. The standard InChI is InChI=1S/C20H14N6O4S/c21-18-16-15(11-31-18)17(24-25(20(16)28)13-4-2-1-3-5-13)19(27)23-22-10-12-6-8-14(9-7-12)26(29)30/h1-11H,21H2,(H,23,27)/b22-10+. The second kappa shape index (κ2) is 8.16. The number of nitro benzene ring substituents is 1. The van der Waals surface area contributed by atoms with E-state index in [0.29, 0.717) is 16.6 Å². The summed E-state index contributed by atoms with van der Waals surface area (Å²) in [6.07, 6.45) is 1.34. The van der Waals surface area contributed by atoms with Crippen LogP contribution < -0.4 is 16.7 Å². The molecular weight excluding hydrogens is 420 g/mol. The number of hydrazone groups is 1. The average Bonchev–Trinajstić information content (AvgIpc) is 3.17. The highest BCUT2D eigenvalue weighted by Crippen LogP contribution is 2.27. The third-order valence-corrected chi connectivity index (χ3v) is 5.19. The molecule has 154 valence electrons. The third kappa shape index (κ3) is 3.89. The van der Waals surface area contributed by atoms with Gasteiger partial charge in [-0.05, 0) is 29.8 Å². The van der Waals surface area contributed by atoms with Crippen molar-refractivity contribution in [1.29, 1.82) is 0 Å². The minimum absolute atomic E-state index is 0.00717. The van der Waals surface area contributed by atoms with Gasteiger partial charge in [0.15, 0.2) is 5.69 Å². The number of aromatic nitrogens is 2. The zero-order valence-electron chi connectivity index (χ0n) is 15.8. The number of anilines is 1. The first-order valence-corrected chi connectivity index (χ1v) is 9.77. The molecule has 2 aromatic carbocycles. The topological polar surface area (TPSA) is 146 Å². The number of carbonyl (C=O) groups excluding carboxylic acids is 1. The molecule has 0 radical (unpaired) electrons. The Morgan fingerprint density at radius 1 is 1.19 bits per heavy atom.